The Bertz CT molecular complexity index is 1230. The molecule has 9 nitrogen and oxygen atoms in total. The summed E-state index contributed by atoms with van der Waals surface area (Å²) in [4.78, 5) is 37.5. The van der Waals surface area contributed by atoms with Crippen LogP contribution in [0.1, 0.15) is 39.2 Å². The maximum Gasteiger partial charge on any atom is 0.407 e. The predicted molar refractivity (Wildman–Crippen MR) is 131 cm³/mol. The van der Waals surface area contributed by atoms with Gasteiger partial charge in [-0.15, -0.1) is 0 Å². The van der Waals surface area contributed by atoms with Gasteiger partial charge in [0, 0.05) is 70.5 Å². The number of carbonyl (C=O) groups is 1. The summed E-state index contributed by atoms with van der Waals surface area (Å²) in [5, 5.41) is 2.97. The number of benzene rings is 1. The van der Waals surface area contributed by atoms with E-state index in [-0.39, 0.29) is 67.8 Å². The first-order valence-electron chi connectivity index (χ1n) is 10.7. The van der Waals surface area contributed by atoms with Crippen molar-refractivity contribution in [1.29, 1.82) is 0 Å². The van der Waals surface area contributed by atoms with E-state index in [9.17, 15) is 9.59 Å². The second kappa shape index (κ2) is 10.8. The number of hydrogen-bond donors (Lipinski definition) is 3. The monoisotopic (exact) mass is 495 g/mol. The molecule has 33 heavy (non-hydrogen) atoms. The van der Waals surface area contributed by atoms with E-state index >= 15 is 0 Å². The number of aromatic nitrogens is 4. The van der Waals surface area contributed by atoms with Crippen LogP contribution in [0.3, 0.4) is 0 Å². The number of piperidine rings is 1. The summed E-state index contributed by atoms with van der Waals surface area (Å²) in [6.45, 7) is 7.34. The first-order valence-corrected chi connectivity index (χ1v) is 11.1. The number of ether oxygens (including phenoxy) is 1. The van der Waals surface area contributed by atoms with Gasteiger partial charge in [0.2, 0.25) is 5.95 Å². The maximum absolute atomic E-state index is 12.8. The topological polar surface area (TPSA) is 108 Å². The molecule has 1 radical (unpaired) electrons. The molecule has 0 bridgehead atoms. The van der Waals surface area contributed by atoms with Gasteiger partial charge in [0.25, 0.3) is 5.56 Å². The molecular formula is C22H28KN6O3S. The molecule has 1 amide bonds. The molecule has 1 unspecified atom stereocenters. The van der Waals surface area contributed by atoms with E-state index in [1.807, 2.05) is 55.7 Å². The van der Waals surface area contributed by atoms with E-state index in [2.05, 4.69) is 20.2 Å². The number of H-pyrrole nitrogens is 2. The second-order valence-electron chi connectivity index (χ2n) is 9.02. The normalized spacial score (nSPS) is 16.3. The zero-order valence-electron chi connectivity index (χ0n) is 19.5. The van der Waals surface area contributed by atoms with Gasteiger partial charge in [-0.3, -0.25) is 14.3 Å². The van der Waals surface area contributed by atoms with Gasteiger partial charge in [0.1, 0.15) is 5.60 Å². The Kier molecular flexibility index (Phi) is 8.57. The summed E-state index contributed by atoms with van der Waals surface area (Å²) in [6, 6.07) is 9.83. The van der Waals surface area contributed by atoms with E-state index < -0.39 is 11.7 Å². The van der Waals surface area contributed by atoms with Gasteiger partial charge in [0.05, 0.1) is 6.54 Å². The Morgan fingerprint density at radius 3 is 2.70 bits per heavy atom. The van der Waals surface area contributed by atoms with Crippen LogP contribution in [0.4, 0.5) is 10.7 Å². The first-order chi connectivity index (χ1) is 15.2. The fourth-order valence-corrected chi connectivity index (χ4v) is 4.16. The second-order valence-corrected chi connectivity index (χ2v) is 9.43. The van der Waals surface area contributed by atoms with Crippen molar-refractivity contribution in [2.45, 2.75) is 51.8 Å². The fraction of sp³-hybridized carbons (Fsp3) is 0.455. The minimum absolute atomic E-state index is 0. The van der Waals surface area contributed by atoms with Crippen LogP contribution in [0.25, 0.3) is 11.2 Å². The fourth-order valence-electron chi connectivity index (χ4n) is 3.97. The number of aromatic amines is 2. The van der Waals surface area contributed by atoms with E-state index in [1.165, 1.54) is 0 Å². The number of amides is 1. The van der Waals surface area contributed by atoms with E-state index in [0.717, 1.165) is 24.9 Å². The molecule has 3 aromatic rings. The number of fused-ring (bicyclic) bond motifs is 1. The maximum atomic E-state index is 12.8. The van der Waals surface area contributed by atoms with Crippen LogP contribution >= 0.6 is 12.2 Å². The Balaban J connectivity index is 0.00000306. The first kappa shape index (κ1) is 26.1. The molecule has 2 aromatic heterocycles. The molecule has 1 aliphatic rings. The molecule has 1 fully saturated rings. The van der Waals surface area contributed by atoms with Gasteiger partial charge in [-0.2, -0.15) is 4.98 Å². The third-order valence-corrected chi connectivity index (χ3v) is 5.43. The summed E-state index contributed by atoms with van der Waals surface area (Å²) >= 11 is 5.14. The summed E-state index contributed by atoms with van der Waals surface area (Å²) in [6.07, 6.45) is 1.29. The van der Waals surface area contributed by atoms with Gasteiger partial charge >= 0.3 is 6.09 Å². The van der Waals surface area contributed by atoms with Crippen molar-refractivity contribution in [3.05, 3.63) is 51.0 Å². The van der Waals surface area contributed by atoms with Gasteiger partial charge < -0.3 is 19.9 Å². The number of rotatable bonds is 4. The molecule has 0 spiro atoms. The van der Waals surface area contributed by atoms with Crippen LogP contribution in [0.5, 0.6) is 0 Å². The van der Waals surface area contributed by atoms with Crippen molar-refractivity contribution in [3.8, 4) is 0 Å². The number of anilines is 1. The summed E-state index contributed by atoms with van der Waals surface area (Å²) in [7, 11) is 0. The molecule has 0 aliphatic carbocycles. The van der Waals surface area contributed by atoms with Gasteiger partial charge in [-0.25, -0.2) is 4.79 Å². The van der Waals surface area contributed by atoms with Crippen molar-refractivity contribution in [1.82, 2.24) is 24.8 Å². The standard InChI is InChI=1S/C22H28N6O3S.K/c1-22(2,3)31-21(30)23-15-10-7-11-27(13-15)20-25-17-16(18(29)26-19(32)24-17)28(20)12-14-8-5-4-6-9-14;/h4-6,8-9,15H,7,10-13H2,1-3H3,(H,23,30)(H2,24,26,29,32);. The average Bonchev–Trinajstić information content (AvgIpc) is 3.05. The Morgan fingerprint density at radius 1 is 1.27 bits per heavy atom. The van der Waals surface area contributed by atoms with Crippen LogP contribution in [0, 0.1) is 4.77 Å². The van der Waals surface area contributed by atoms with Crippen molar-refractivity contribution in [3.63, 3.8) is 0 Å². The number of nitrogens with zero attached hydrogens (tertiary/aromatic N) is 3. The number of hydrogen-bond acceptors (Lipinski definition) is 6. The van der Waals surface area contributed by atoms with Gasteiger partial charge in [-0.1, -0.05) is 30.3 Å². The van der Waals surface area contributed by atoms with Gasteiger partial charge in [0.15, 0.2) is 15.9 Å². The van der Waals surface area contributed by atoms with Gasteiger partial charge in [-0.05, 0) is 51.4 Å². The number of alkyl carbamates (subject to hydrolysis) is 1. The Labute approximate surface area is 239 Å². The molecule has 1 aliphatic heterocycles. The zero-order valence-corrected chi connectivity index (χ0v) is 23.4. The predicted octanol–water partition coefficient (Wildman–Crippen LogP) is 2.94. The molecular weight excluding hydrogens is 467 g/mol. The smallest absolute Gasteiger partial charge is 0.407 e. The average molecular weight is 496 g/mol. The van der Waals surface area contributed by atoms with E-state index in [0.29, 0.717) is 30.2 Å². The van der Waals surface area contributed by atoms with Crippen molar-refractivity contribution in [2.24, 2.45) is 0 Å². The minimum Gasteiger partial charge on any atom is -0.444 e. The number of carbonyl (C=O) groups excluding carboxylic acids is 1. The van der Waals surface area contributed by atoms with Crippen molar-refractivity contribution in [2.75, 3.05) is 18.0 Å². The molecule has 1 saturated heterocycles. The summed E-state index contributed by atoms with van der Waals surface area (Å²) in [5.74, 6) is 0.668. The van der Waals surface area contributed by atoms with Crippen molar-refractivity contribution < 1.29 is 9.53 Å². The number of nitrogens with one attached hydrogen (secondary N) is 3. The summed E-state index contributed by atoms with van der Waals surface area (Å²) < 4.78 is 7.55. The number of imidazole rings is 1. The molecule has 4 rings (SSSR count). The molecule has 1 aromatic carbocycles. The largest absolute Gasteiger partial charge is 0.444 e. The summed E-state index contributed by atoms with van der Waals surface area (Å²) in [5.41, 5.74) is 1.11. The molecule has 1 atom stereocenters. The Hall–Kier alpha value is -1.50. The van der Waals surface area contributed by atoms with Crippen LogP contribution in [-0.2, 0) is 11.3 Å². The van der Waals surface area contributed by atoms with Crippen LogP contribution in [0.15, 0.2) is 35.1 Å². The third-order valence-electron chi connectivity index (χ3n) is 5.23. The Morgan fingerprint density at radius 2 is 2.00 bits per heavy atom. The minimum atomic E-state index is -0.555. The molecule has 3 heterocycles. The molecule has 171 valence electrons. The zero-order chi connectivity index (χ0) is 22.9. The molecule has 11 heteroatoms. The molecule has 0 saturated carbocycles. The third kappa shape index (κ3) is 6.55. The quantitative estimate of drug-likeness (QED) is 0.379. The van der Waals surface area contributed by atoms with Crippen LogP contribution < -0.4 is 15.8 Å². The van der Waals surface area contributed by atoms with Crippen LogP contribution in [-0.4, -0.2) is 102 Å². The van der Waals surface area contributed by atoms with Crippen molar-refractivity contribution >= 4 is 86.8 Å². The van der Waals surface area contributed by atoms with Crippen LogP contribution in [0.2, 0.25) is 0 Å². The van der Waals surface area contributed by atoms with E-state index in [1.54, 1.807) is 0 Å². The molecule has 3 N–H and O–H groups in total. The van der Waals surface area contributed by atoms with E-state index in [4.69, 9.17) is 21.9 Å². The SMILES string of the molecule is CC(C)(C)OC(=O)NC1CCCN(c2nc3[nH]c(=S)[nH]c(=O)c3n2Cc2ccccc2)C1.[K].